The Kier molecular flexibility index (Phi) is 4.45. The summed E-state index contributed by atoms with van der Waals surface area (Å²) in [4.78, 5) is 12.3. The minimum Gasteiger partial charge on any atom is -0.467 e. The van der Waals surface area contributed by atoms with Crippen LogP contribution in [0.3, 0.4) is 0 Å². The first-order valence-corrected chi connectivity index (χ1v) is 7.04. The molecule has 0 spiro atoms. The lowest BCUT2D eigenvalue weighted by atomic mass is 9.91. The number of methoxy groups -OCH3 is 1. The standard InChI is InChI=1S/C16H16BrNO2/c1-16(15(19)20-2,13-10-6-7-11-14(13)17)18-12-8-4-3-5-9-12/h3-11,18H,1-2H3. The quantitative estimate of drug-likeness (QED) is 0.861. The third kappa shape index (κ3) is 2.85. The van der Waals surface area contributed by atoms with Gasteiger partial charge in [0, 0.05) is 15.7 Å². The van der Waals surface area contributed by atoms with E-state index in [2.05, 4.69) is 21.2 Å². The maximum Gasteiger partial charge on any atom is 0.335 e. The van der Waals surface area contributed by atoms with Gasteiger partial charge in [-0.3, -0.25) is 0 Å². The minimum absolute atomic E-state index is 0.340. The number of anilines is 1. The van der Waals surface area contributed by atoms with Crippen molar-refractivity contribution < 1.29 is 9.53 Å². The molecule has 1 atom stereocenters. The highest BCUT2D eigenvalue weighted by atomic mass is 79.9. The van der Waals surface area contributed by atoms with Gasteiger partial charge in [0.1, 0.15) is 0 Å². The first-order chi connectivity index (χ1) is 9.58. The molecule has 0 bridgehead atoms. The van der Waals surface area contributed by atoms with E-state index in [0.717, 1.165) is 15.7 Å². The summed E-state index contributed by atoms with van der Waals surface area (Å²) in [5.74, 6) is -0.340. The number of halogens is 1. The van der Waals surface area contributed by atoms with Gasteiger partial charge in [0.05, 0.1) is 7.11 Å². The fourth-order valence-corrected chi connectivity index (χ4v) is 2.79. The van der Waals surface area contributed by atoms with Crippen LogP contribution in [0, 0.1) is 0 Å². The highest BCUT2D eigenvalue weighted by Gasteiger charge is 2.37. The maximum atomic E-state index is 12.3. The number of hydrogen-bond donors (Lipinski definition) is 1. The van der Waals surface area contributed by atoms with Crippen LogP contribution in [0.25, 0.3) is 0 Å². The van der Waals surface area contributed by atoms with Gasteiger partial charge in [0.2, 0.25) is 0 Å². The first-order valence-electron chi connectivity index (χ1n) is 6.24. The Labute approximate surface area is 127 Å². The van der Waals surface area contributed by atoms with E-state index < -0.39 is 5.54 Å². The molecule has 2 aromatic carbocycles. The summed E-state index contributed by atoms with van der Waals surface area (Å²) in [6, 6.07) is 17.2. The highest BCUT2D eigenvalue weighted by molar-refractivity contribution is 9.10. The van der Waals surface area contributed by atoms with Gasteiger partial charge < -0.3 is 10.1 Å². The summed E-state index contributed by atoms with van der Waals surface area (Å²) < 4.78 is 5.83. The van der Waals surface area contributed by atoms with E-state index >= 15 is 0 Å². The zero-order valence-corrected chi connectivity index (χ0v) is 13.0. The van der Waals surface area contributed by atoms with Crippen molar-refractivity contribution in [1.29, 1.82) is 0 Å². The molecule has 0 amide bonds. The van der Waals surface area contributed by atoms with Gasteiger partial charge in [-0.1, -0.05) is 52.3 Å². The summed E-state index contributed by atoms with van der Waals surface area (Å²) in [7, 11) is 1.39. The molecule has 0 aliphatic rings. The number of carbonyl (C=O) groups excluding carboxylic acids is 1. The Hall–Kier alpha value is -1.81. The molecule has 3 nitrogen and oxygen atoms in total. The minimum atomic E-state index is -0.962. The zero-order valence-electron chi connectivity index (χ0n) is 11.4. The third-order valence-electron chi connectivity index (χ3n) is 3.17. The van der Waals surface area contributed by atoms with Crippen LogP contribution in [0.2, 0.25) is 0 Å². The van der Waals surface area contributed by atoms with Crippen molar-refractivity contribution in [1.82, 2.24) is 0 Å². The second kappa shape index (κ2) is 6.09. The monoisotopic (exact) mass is 333 g/mol. The molecule has 20 heavy (non-hydrogen) atoms. The molecule has 0 aromatic heterocycles. The van der Waals surface area contributed by atoms with Crippen LogP contribution in [0.5, 0.6) is 0 Å². The lowest BCUT2D eigenvalue weighted by Gasteiger charge is -2.30. The second-order valence-corrected chi connectivity index (χ2v) is 5.44. The van der Waals surface area contributed by atoms with Crippen LogP contribution in [-0.2, 0) is 15.1 Å². The second-order valence-electron chi connectivity index (χ2n) is 4.59. The SMILES string of the molecule is COC(=O)C(C)(Nc1ccccc1)c1ccccc1Br. The van der Waals surface area contributed by atoms with Crippen molar-refractivity contribution in [2.75, 3.05) is 12.4 Å². The number of rotatable bonds is 4. The van der Waals surface area contributed by atoms with Crippen LogP contribution in [0.1, 0.15) is 12.5 Å². The van der Waals surface area contributed by atoms with E-state index in [0.29, 0.717) is 0 Å². The largest absolute Gasteiger partial charge is 0.467 e. The van der Waals surface area contributed by atoms with E-state index in [1.54, 1.807) is 0 Å². The summed E-state index contributed by atoms with van der Waals surface area (Å²) in [5, 5.41) is 3.26. The van der Waals surface area contributed by atoms with Gasteiger partial charge in [0.15, 0.2) is 5.54 Å². The summed E-state index contributed by atoms with van der Waals surface area (Å²) >= 11 is 3.50. The predicted octanol–water partition coefficient (Wildman–Crippen LogP) is 3.95. The molecule has 0 aliphatic heterocycles. The van der Waals surface area contributed by atoms with Gasteiger partial charge in [-0.05, 0) is 25.1 Å². The van der Waals surface area contributed by atoms with Crippen LogP contribution < -0.4 is 5.32 Å². The molecule has 0 radical (unpaired) electrons. The summed E-state index contributed by atoms with van der Waals surface area (Å²) in [5.41, 5.74) is 0.725. The van der Waals surface area contributed by atoms with E-state index in [1.165, 1.54) is 7.11 Å². The normalized spacial score (nSPS) is 13.3. The smallest absolute Gasteiger partial charge is 0.335 e. The van der Waals surface area contributed by atoms with Gasteiger partial charge in [-0.25, -0.2) is 4.79 Å². The number of benzene rings is 2. The predicted molar refractivity (Wildman–Crippen MR) is 83.6 cm³/mol. The number of ether oxygens (including phenoxy) is 1. The molecule has 0 fully saturated rings. The molecule has 2 aromatic rings. The molecular weight excluding hydrogens is 318 g/mol. The Morgan fingerprint density at radius 2 is 1.70 bits per heavy atom. The molecule has 4 heteroatoms. The van der Waals surface area contributed by atoms with Crippen molar-refractivity contribution in [2.45, 2.75) is 12.5 Å². The molecule has 0 aliphatic carbocycles. The molecule has 1 N–H and O–H groups in total. The highest BCUT2D eigenvalue weighted by Crippen LogP contribution is 2.32. The molecule has 104 valence electrons. The van der Waals surface area contributed by atoms with E-state index in [4.69, 9.17) is 4.74 Å². The summed E-state index contributed by atoms with van der Waals surface area (Å²) in [6.45, 7) is 1.81. The number of nitrogens with one attached hydrogen (secondary N) is 1. The van der Waals surface area contributed by atoms with Crippen LogP contribution in [0.4, 0.5) is 5.69 Å². The number of carbonyl (C=O) groups is 1. The van der Waals surface area contributed by atoms with Gasteiger partial charge in [-0.15, -0.1) is 0 Å². The molecule has 0 saturated heterocycles. The molecule has 0 saturated carbocycles. The molecule has 1 unspecified atom stereocenters. The molecule has 2 rings (SSSR count). The molecule has 0 heterocycles. The number of esters is 1. The third-order valence-corrected chi connectivity index (χ3v) is 3.87. The summed E-state index contributed by atoms with van der Waals surface area (Å²) in [6.07, 6.45) is 0. The Balaban J connectivity index is 2.46. The van der Waals surface area contributed by atoms with E-state index in [-0.39, 0.29) is 5.97 Å². The first kappa shape index (κ1) is 14.6. The number of hydrogen-bond acceptors (Lipinski definition) is 3. The van der Waals surface area contributed by atoms with Crippen LogP contribution in [-0.4, -0.2) is 13.1 Å². The Morgan fingerprint density at radius 1 is 1.10 bits per heavy atom. The topological polar surface area (TPSA) is 38.3 Å². The van der Waals surface area contributed by atoms with Crippen molar-refractivity contribution >= 4 is 27.6 Å². The zero-order chi connectivity index (χ0) is 14.6. The van der Waals surface area contributed by atoms with E-state index in [9.17, 15) is 4.79 Å². The van der Waals surface area contributed by atoms with Crippen molar-refractivity contribution in [3.63, 3.8) is 0 Å². The van der Waals surface area contributed by atoms with Gasteiger partial charge in [0.25, 0.3) is 0 Å². The Bertz CT molecular complexity index is 600. The van der Waals surface area contributed by atoms with Crippen LogP contribution >= 0.6 is 15.9 Å². The van der Waals surface area contributed by atoms with Crippen molar-refractivity contribution in [3.05, 3.63) is 64.6 Å². The van der Waals surface area contributed by atoms with E-state index in [1.807, 2.05) is 61.5 Å². The maximum absolute atomic E-state index is 12.3. The van der Waals surface area contributed by atoms with Crippen molar-refractivity contribution in [3.8, 4) is 0 Å². The molecular formula is C16H16BrNO2. The Morgan fingerprint density at radius 3 is 2.30 bits per heavy atom. The van der Waals surface area contributed by atoms with Gasteiger partial charge >= 0.3 is 5.97 Å². The lowest BCUT2D eigenvalue weighted by Crippen LogP contribution is -2.41. The van der Waals surface area contributed by atoms with Gasteiger partial charge in [-0.2, -0.15) is 0 Å². The number of para-hydroxylation sites is 1. The van der Waals surface area contributed by atoms with Crippen LogP contribution in [0.15, 0.2) is 59.1 Å². The fourth-order valence-electron chi connectivity index (χ4n) is 2.11. The fraction of sp³-hybridized carbons (Fsp3) is 0.188. The van der Waals surface area contributed by atoms with Crippen molar-refractivity contribution in [2.24, 2.45) is 0 Å². The lowest BCUT2D eigenvalue weighted by molar-refractivity contribution is -0.145. The average molecular weight is 334 g/mol. The average Bonchev–Trinajstić information content (AvgIpc) is 2.47.